The summed E-state index contributed by atoms with van der Waals surface area (Å²) in [5, 5.41) is 20.7. The van der Waals surface area contributed by atoms with Crippen LogP contribution in [0.5, 0.6) is 5.75 Å². The van der Waals surface area contributed by atoms with Crippen LogP contribution in [0, 0.1) is 0 Å². The lowest BCUT2D eigenvalue weighted by Gasteiger charge is -2.00. The minimum absolute atomic E-state index is 0.140. The molecule has 0 fully saturated rings. The van der Waals surface area contributed by atoms with E-state index in [4.69, 9.17) is 10.2 Å². The van der Waals surface area contributed by atoms with Crippen LogP contribution in [0.25, 0.3) is 5.69 Å². The molecule has 0 saturated heterocycles. The van der Waals surface area contributed by atoms with Gasteiger partial charge in [-0.05, 0) is 24.3 Å². The number of phenols is 1. The predicted octanol–water partition coefficient (Wildman–Crippen LogP) is 0.364. The standard InChI is InChI=1S/C10H10N2O3/c13-6-7-5-11-12(10(7)15)8-1-3-9(14)4-2-8/h1-5,11,13-14H,6H2. The summed E-state index contributed by atoms with van der Waals surface area (Å²) in [4.78, 5) is 11.6. The zero-order valence-electron chi connectivity index (χ0n) is 7.84. The molecule has 3 N–H and O–H groups in total. The first-order valence-corrected chi connectivity index (χ1v) is 4.42. The number of aliphatic hydroxyl groups is 1. The number of rotatable bonds is 2. The van der Waals surface area contributed by atoms with Crippen molar-refractivity contribution in [2.75, 3.05) is 0 Å². The summed E-state index contributed by atoms with van der Waals surface area (Å²) in [5.41, 5.74) is 0.628. The Kier molecular flexibility index (Phi) is 2.31. The third-order valence-electron chi connectivity index (χ3n) is 2.12. The van der Waals surface area contributed by atoms with Crippen LogP contribution >= 0.6 is 0 Å². The Morgan fingerprint density at radius 1 is 1.27 bits per heavy atom. The van der Waals surface area contributed by atoms with Gasteiger partial charge in [-0.2, -0.15) is 0 Å². The van der Waals surface area contributed by atoms with Crippen LogP contribution in [0.4, 0.5) is 0 Å². The molecule has 0 unspecified atom stereocenters. The fourth-order valence-electron chi connectivity index (χ4n) is 1.31. The van der Waals surface area contributed by atoms with E-state index in [1.165, 1.54) is 23.0 Å². The van der Waals surface area contributed by atoms with Crippen LogP contribution in [0.15, 0.2) is 35.3 Å². The molecule has 2 aromatic rings. The number of nitrogens with one attached hydrogen (secondary N) is 1. The van der Waals surface area contributed by atoms with Crippen LogP contribution in [-0.2, 0) is 6.61 Å². The zero-order valence-corrected chi connectivity index (χ0v) is 7.84. The van der Waals surface area contributed by atoms with Gasteiger partial charge in [0, 0.05) is 6.20 Å². The van der Waals surface area contributed by atoms with Crippen molar-refractivity contribution in [3.63, 3.8) is 0 Å². The fraction of sp³-hybridized carbons (Fsp3) is 0.100. The second-order valence-corrected chi connectivity index (χ2v) is 3.11. The van der Waals surface area contributed by atoms with Crippen LogP contribution in [0.3, 0.4) is 0 Å². The largest absolute Gasteiger partial charge is 0.508 e. The molecule has 0 aliphatic rings. The Labute approximate surface area is 85.2 Å². The maximum atomic E-state index is 11.6. The Morgan fingerprint density at radius 2 is 1.93 bits per heavy atom. The molecule has 15 heavy (non-hydrogen) atoms. The van der Waals surface area contributed by atoms with Crippen LogP contribution < -0.4 is 5.56 Å². The second-order valence-electron chi connectivity index (χ2n) is 3.11. The molecule has 5 heteroatoms. The summed E-state index contributed by atoms with van der Waals surface area (Å²) in [6.45, 7) is -0.291. The lowest BCUT2D eigenvalue weighted by Crippen LogP contribution is -2.17. The molecule has 0 radical (unpaired) electrons. The molecule has 0 amide bonds. The van der Waals surface area contributed by atoms with Gasteiger partial charge in [0.2, 0.25) is 0 Å². The summed E-state index contributed by atoms with van der Waals surface area (Å²) < 4.78 is 1.30. The Morgan fingerprint density at radius 3 is 2.47 bits per heavy atom. The van der Waals surface area contributed by atoms with Crippen molar-refractivity contribution in [2.24, 2.45) is 0 Å². The van der Waals surface area contributed by atoms with E-state index in [9.17, 15) is 4.79 Å². The van der Waals surface area contributed by atoms with Crippen LogP contribution in [-0.4, -0.2) is 20.0 Å². The number of H-pyrrole nitrogens is 1. The summed E-state index contributed by atoms with van der Waals surface area (Å²) >= 11 is 0. The Hall–Kier alpha value is -2.01. The zero-order chi connectivity index (χ0) is 10.8. The number of aromatic nitrogens is 2. The molecule has 1 aromatic carbocycles. The van der Waals surface area contributed by atoms with Crippen molar-refractivity contribution in [3.05, 3.63) is 46.4 Å². The van der Waals surface area contributed by atoms with E-state index in [-0.39, 0.29) is 17.9 Å². The van der Waals surface area contributed by atoms with Gasteiger partial charge in [0.25, 0.3) is 5.56 Å². The highest BCUT2D eigenvalue weighted by atomic mass is 16.3. The van der Waals surface area contributed by atoms with Gasteiger partial charge in [-0.25, -0.2) is 4.68 Å². The van der Waals surface area contributed by atoms with Crippen molar-refractivity contribution in [3.8, 4) is 11.4 Å². The molecule has 0 bridgehead atoms. The molecule has 0 aliphatic heterocycles. The van der Waals surface area contributed by atoms with Gasteiger partial charge >= 0.3 is 0 Å². The number of phenolic OH excluding ortho intramolecular Hbond substituents is 1. The molecule has 1 heterocycles. The van der Waals surface area contributed by atoms with E-state index in [2.05, 4.69) is 5.10 Å². The highest BCUT2D eigenvalue weighted by molar-refractivity contribution is 5.36. The molecule has 2 rings (SSSR count). The first-order valence-electron chi connectivity index (χ1n) is 4.42. The van der Waals surface area contributed by atoms with Gasteiger partial charge in [0.15, 0.2) is 0 Å². The van der Waals surface area contributed by atoms with E-state index < -0.39 is 0 Å². The van der Waals surface area contributed by atoms with Crippen LogP contribution in [0.1, 0.15) is 5.56 Å². The van der Waals surface area contributed by atoms with E-state index in [0.717, 1.165) is 0 Å². The first kappa shape index (κ1) is 9.54. The predicted molar refractivity (Wildman–Crippen MR) is 54.0 cm³/mol. The van der Waals surface area contributed by atoms with E-state index >= 15 is 0 Å². The normalized spacial score (nSPS) is 10.5. The van der Waals surface area contributed by atoms with E-state index in [0.29, 0.717) is 11.3 Å². The highest BCUT2D eigenvalue weighted by Gasteiger charge is 2.05. The van der Waals surface area contributed by atoms with Gasteiger partial charge in [-0.1, -0.05) is 0 Å². The van der Waals surface area contributed by atoms with Gasteiger partial charge in [-0.3, -0.25) is 9.89 Å². The fourth-order valence-corrected chi connectivity index (χ4v) is 1.31. The second kappa shape index (κ2) is 3.62. The number of hydrogen-bond acceptors (Lipinski definition) is 3. The SMILES string of the molecule is O=c1c(CO)c[nH]n1-c1ccc(O)cc1. The lowest BCUT2D eigenvalue weighted by atomic mass is 10.3. The lowest BCUT2D eigenvalue weighted by molar-refractivity contribution is 0.280. The molecule has 5 nitrogen and oxygen atoms in total. The Balaban J connectivity index is 2.50. The van der Waals surface area contributed by atoms with Crippen molar-refractivity contribution in [2.45, 2.75) is 6.61 Å². The van der Waals surface area contributed by atoms with Crippen molar-refractivity contribution in [1.82, 2.24) is 9.78 Å². The van der Waals surface area contributed by atoms with E-state index in [1.807, 2.05) is 0 Å². The van der Waals surface area contributed by atoms with E-state index in [1.54, 1.807) is 12.1 Å². The molecular formula is C10H10N2O3. The highest BCUT2D eigenvalue weighted by Crippen LogP contribution is 2.11. The molecule has 0 saturated carbocycles. The van der Waals surface area contributed by atoms with Crippen molar-refractivity contribution in [1.29, 1.82) is 0 Å². The first-order chi connectivity index (χ1) is 7.22. The van der Waals surface area contributed by atoms with Gasteiger partial charge in [0.05, 0.1) is 17.9 Å². The summed E-state index contributed by atoms with van der Waals surface area (Å²) in [6, 6.07) is 6.19. The summed E-state index contributed by atoms with van der Waals surface area (Å²) in [6.07, 6.45) is 1.45. The number of hydrogen-bond donors (Lipinski definition) is 3. The van der Waals surface area contributed by atoms with Gasteiger partial charge in [0.1, 0.15) is 5.75 Å². The minimum Gasteiger partial charge on any atom is -0.508 e. The van der Waals surface area contributed by atoms with Gasteiger partial charge < -0.3 is 10.2 Å². The monoisotopic (exact) mass is 206 g/mol. The maximum Gasteiger partial charge on any atom is 0.276 e. The number of aromatic amines is 1. The molecule has 78 valence electrons. The number of nitrogens with zero attached hydrogens (tertiary/aromatic N) is 1. The quantitative estimate of drug-likeness (QED) is 0.664. The molecule has 0 spiro atoms. The summed E-state index contributed by atoms with van der Waals surface area (Å²) in [7, 11) is 0. The molecule has 0 atom stereocenters. The van der Waals surface area contributed by atoms with Crippen LogP contribution in [0.2, 0.25) is 0 Å². The smallest absolute Gasteiger partial charge is 0.276 e. The third-order valence-corrected chi connectivity index (χ3v) is 2.12. The molecule has 1 aromatic heterocycles. The Bertz CT molecular complexity index is 510. The van der Waals surface area contributed by atoms with Crippen molar-refractivity contribution >= 4 is 0 Å². The topological polar surface area (TPSA) is 78.2 Å². The average Bonchev–Trinajstić information content (AvgIpc) is 2.61. The molecule has 0 aliphatic carbocycles. The molecular weight excluding hydrogens is 196 g/mol. The summed E-state index contributed by atoms with van der Waals surface area (Å²) in [5.74, 6) is 0.140. The van der Waals surface area contributed by atoms with Crippen molar-refractivity contribution < 1.29 is 10.2 Å². The number of benzene rings is 1. The third kappa shape index (κ3) is 1.64. The number of aliphatic hydroxyl groups excluding tert-OH is 1. The number of aromatic hydroxyl groups is 1. The maximum absolute atomic E-state index is 11.6. The average molecular weight is 206 g/mol. The van der Waals surface area contributed by atoms with Gasteiger partial charge in [-0.15, -0.1) is 0 Å². The minimum atomic E-state index is -0.291.